The molecule has 2 saturated heterocycles. The van der Waals surface area contributed by atoms with Gasteiger partial charge in [0, 0.05) is 57.2 Å². The van der Waals surface area contributed by atoms with E-state index in [2.05, 4.69) is 15.5 Å². The molecule has 136 valence electrons. The molecule has 0 saturated carbocycles. The van der Waals surface area contributed by atoms with Crippen molar-refractivity contribution in [2.24, 2.45) is 0 Å². The Labute approximate surface area is 147 Å². The van der Waals surface area contributed by atoms with E-state index in [1.807, 2.05) is 6.07 Å². The molecule has 3 rings (SSSR count). The van der Waals surface area contributed by atoms with Crippen LogP contribution in [-0.4, -0.2) is 55.3 Å². The Balaban J connectivity index is 1.42. The van der Waals surface area contributed by atoms with Crippen LogP contribution >= 0.6 is 0 Å². The molecular weight excluding hydrogens is 322 g/mol. The zero-order chi connectivity index (χ0) is 17.7. The van der Waals surface area contributed by atoms with Crippen LogP contribution < -0.4 is 10.6 Å². The van der Waals surface area contributed by atoms with Crippen LogP contribution in [0.15, 0.2) is 24.3 Å². The third-order valence-electron chi connectivity index (χ3n) is 4.55. The molecule has 25 heavy (non-hydrogen) atoms. The number of amides is 2. The number of piperidine rings is 1. The number of hydrogen-bond acceptors (Lipinski definition) is 5. The van der Waals surface area contributed by atoms with Crippen molar-refractivity contribution in [1.29, 1.82) is 0 Å². The van der Waals surface area contributed by atoms with Gasteiger partial charge in [0.05, 0.1) is 13.2 Å². The van der Waals surface area contributed by atoms with Crippen molar-refractivity contribution in [2.45, 2.75) is 32.0 Å². The summed E-state index contributed by atoms with van der Waals surface area (Å²) in [5, 5.41) is 5.58. The largest absolute Gasteiger partial charge is 0.347 e. The molecule has 2 aliphatic rings. The zero-order valence-corrected chi connectivity index (χ0v) is 14.5. The highest BCUT2D eigenvalue weighted by molar-refractivity contribution is 5.93. The molecule has 2 heterocycles. The number of likely N-dealkylation sites (tertiary alicyclic amines) is 1. The molecule has 0 unspecified atom stereocenters. The molecular formula is C18H25N3O4. The fourth-order valence-corrected chi connectivity index (χ4v) is 3.26. The molecule has 0 aromatic heterocycles. The van der Waals surface area contributed by atoms with Crippen LogP contribution in [0.25, 0.3) is 0 Å². The summed E-state index contributed by atoms with van der Waals surface area (Å²) in [4.78, 5) is 25.5. The first-order valence-electron chi connectivity index (χ1n) is 8.72. The molecule has 0 atom stereocenters. The number of nitrogens with one attached hydrogen (secondary N) is 2. The number of nitrogens with zero attached hydrogens (tertiary/aromatic N) is 1. The lowest BCUT2D eigenvalue weighted by molar-refractivity contribution is -0.185. The number of benzene rings is 1. The number of carbonyl (C=O) groups is 2. The highest BCUT2D eigenvalue weighted by Gasteiger charge is 2.39. The second kappa shape index (κ2) is 7.95. The lowest BCUT2D eigenvalue weighted by Crippen LogP contribution is -2.45. The van der Waals surface area contributed by atoms with Gasteiger partial charge in [-0.2, -0.15) is 0 Å². The SMILES string of the molecule is CC(=O)Nc1cccc(NC(=O)CCN2CCC3(CC2)OCCO3)c1. The van der Waals surface area contributed by atoms with Gasteiger partial charge in [-0.25, -0.2) is 0 Å². The van der Waals surface area contributed by atoms with Gasteiger partial charge in [-0.3, -0.25) is 9.59 Å². The Morgan fingerprint density at radius 3 is 2.40 bits per heavy atom. The van der Waals surface area contributed by atoms with E-state index in [0.29, 0.717) is 37.6 Å². The molecule has 2 N–H and O–H groups in total. The third-order valence-corrected chi connectivity index (χ3v) is 4.55. The van der Waals surface area contributed by atoms with Crippen LogP contribution in [0.4, 0.5) is 11.4 Å². The first-order chi connectivity index (χ1) is 12.0. The van der Waals surface area contributed by atoms with Gasteiger partial charge in [0.1, 0.15) is 0 Å². The van der Waals surface area contributed by atoms with Crippen molar-refractivity contribution in [3.63, 3.8) is 0 Å². The van der Waals surface area contributed by atoms with E-state index >= 15 is 0 Å². The summed E-state index contributed by atoms with van der Waals surface area (Å²) < 4.78 is 11.4. The van der Waals surface area contributed by atoms with Crippen molar-refractivity contribution < 1.29 is 19.1 Å². The number of ether oxygens (including phenoxy) is 2. The standard InChI is InChI=1S/C18H25N3O4/c1-14(22)19-15-3-2-4-16(13-15)20-17(23)5-8-21-9-6-18(7-10-21)24-11-12-25-18/h2-4,13H,5-12H2,1H3,(H,19,22)(H,20,23). The van der Waals surface area contributed by atoms with E-state index in [1.54, 1.807) is 18.2 Å². The van der Waals surface area contributed by atoms with Crippen LogP contribution in [0.2, 0.25) is 0 Å². The maximum absolute atomic E-state index is 12.2. The summed E-state index contributed by atoms with van der Waals surface area (Å²) in [7, 11) is 0. The fourth-order valence-electron chi connectivity index (χ4n) is 3.26. The van der Waals surface area contributed by atoms with Crippen LogP contribution in [0.3, 0.4) is 0 Å². The van der Waals surface area contributed by atoms with Gasteiger partial charge in [0.25, 0.3) is 0 Å². The highest BCUT2D eigenvalue weighted by Crippen LogP contribution is 2.31. The average molecular weight is 347 g/mol. The van der Waals surface area contributed by atoms with Gasteiger partial charge >= 0.3 is 0 Å². The smallest absolute Gasteiger partial charge is 0.225 e. The quantitative estimate of drug-likeness (QED) is 0.849. The second-order valence-corrected chi connectivity index (χ2v) is 6.51. The summed E-state index contributed by atoms with van der Waals surface area (Å²) in [5.41, 5.74) is 1.35. The number of anilines is 2. The van der Waals surface area contributed by atoms with E-state index < -0.39 is 0 Å². The predicted molar refractivity (Wildman–Crippen MR) is 94.3 cm³/mol. The molecule has 2 amide bonds. The van der Waals surface area contributed by atoms with Crippen LogP contribution in [-0.2, 0) is 19.1 Å². The highest BCUT2D eigenvalue weighted by atomic mass is 16.7. The average Bonchev–Trinajstić information content (AvgIpc) is 3.02. The Bertz CT molecular complexity index is 619. The molecule has 1 aromatic rings. The molecule has 0 bridgehead atoms. The lowest BCUT2D eigenvalue weighted by Gasteiger charge is -2.37. The molecule has 1 spiro atoms. The van der Waals surface area contributed by atoms with Gasteiger partial charge in [0.2, 0.25) is 11.8 Å². The minimum Gasteiger partial charge on any atom is -0.347 e. The van der Waals surface area contributed by atoms with Crippen molar-refractivity contribution in [2.75, 3.05) is 43.5 Å². The van der Waals surface area contributed by atoms with Crippen molar-refractivity contribution in [3.8, 4) is 0 Å². The molecule has 0 radical (unpaired) electrons. The van der Waals surface area contributed by atoms with Crippen molar-refractivity contribution in [1.82, 2.24) is 4.90 Å². The minimum absolute atomic E-state index is 0.0337. The van der Waals surface area contributed by atoms with Gasteiger partial charge < -0.3 is 25.0 Å². The summed E-state index contributed by atoms with van der Waals surface area (Å²) in [5.74, 6) is -0.543. The van der Waals surface area contributed by atoms with E-state index in [9.17, 15) is 9.59 Å². The number of rotatable bonds is 5. The Morgan fingerprint density at radius 2 is 1.76 bits per heavy atom. The van der Waals surface area contributed by atoms with Gasteiger partial charge in [-0.1, -0.05) is 6.07 Å². The van der Waals surface area contributed by atoms with E-state index in [4.69, 9.17) is 9.47 Å². The molecule has 7 nitrogen and oxygen atoms in total. The van der Waals surface area contributed by atoms with Gasteiger partial charge in [-0.05, 0) is 18.2 Å². The summed E-state index contributed by atoms with van der Waals surface area (Å²) in [6.45, 7) is 5.29. The molecule has 2 fully saturated rings. The predicted octanol–water partition coefficient (Wildman–Crippen LogP) is 1.81. The van der Waals surface area contributed by atoms with Gasteiger partial charge in [-0.15, -0.1) is 0 Å². The fraction of sp³-hybridized carbons (Fsp3) is 0.556. The van der Waals surface area contributed by atoms with Crippen LogP contribution in [0.5, 0.6) is 0 Å². The maximum Gasteiger partial charge on any atom is 0.225 e. The van der Waals surface area contributed by atoms with Crippen LogP contribution in [0, 0.1) is 0 Å². The molecule has 1 aromatic carbocycles. The van der Waals surface area contributed by atoms with Crippen molar-refractivity contribution >= 4 is 23.2 Å². The van der Waals surface area contributed by atoms with E-state index in [1.165, 1.54) is 6.92 Å². The van der Waals surface area contributed by atoms with E-state index in [-0.39, 0.29) is 17.6 Å². The van der Waals surface area contributed by atoms with Gasteiger partial charge in [0.15, 0.2) is 5.79 Å². The summed E-state index contributed by atoms with van der Waals surface area (Å²) >= 11 is 0. The summed E-state index contributed by atoms with van der Waals surface area (Å²) in [6.07, 6.45) is 2.14. The Kier molecular flexibility index (Phi) is 5.67. The summed E-state index contributed by atoms with van der Waals surface area (Å²) in [6, 6.07) is 7.14. The zero-order valence-electron chi connectivity index (χ0n) is 14.5. The normalized spacial score (nSPS) is 19.7. The number of hydrogen-bond donors (Lipinski definition) is 2. The third kappa shape index (κ3) is 5.01. The first kappa shape index (κ1) is 17.8. The Hall–Kier alpha value is -1.96. The lowest BCUT2D eigenvalue weighted by atomic mass is 10.0. The van der Waals surface area contributed by atoms with E-state index in [0.717, 1.165) is 25.9 Å². The number of carbonyl (C=O) groups excluding carboxylic acids is 2. The molecule has 2 aliphatic heterocycles. The Morgan fingerprint density at radius 1 is 1.12 bits per heavy atom. The monoisotopic (exact) mass is 347 g/mol. The molecule has 7 heteroatoms. The van der Waals surface area contributed by atoms with Crippen molar-refractivity contribution in [3.05, 3.63) is 24.3 Å². The minimum atomic E-state index is -0.372. The second-order valence-electron chi connectivity index (χ2n) is 6.51. The maximum atomic E-state index is 12.2. The first-order valence-corrected chi connectivity index (χ1v) is 8.72. The molecule has 0 aliphatic carbocycles. The van der Waals surface area contributed by atoms with Crippen LogP contribution in [0.1, 0.15) is 26.2 Å². The topological polar surface area (TPSA) is 79.9 Å².